The Morgan fingerprint density at radius 1 is 1.00 bits per heavy atom. The fourth-order valence-electron chi connectivity index (χ4n) is 1.50. The molecular formula is C13H9Br2Cl2NO. The van der Waals surface area contributed by atoms with Crippen molar-refractivity contribution >= 4 is 60.7 Å². The first-order valence-electron chi connectivity index (χ1n) is 5.28. The Morgan fingerprint density at radius 2 is 1.63 bits per heavy atom. The summed E-state index contributed by atoms with van der Waals surface area (Å²) in [5.74, 6) is 0.695. The zero-order valence-electron chi connectivity index (χ0n) is 9.59. The molecule has 0 heterocycles. The van der Waals surface area contributed by atoms with E-state index in [-0.39, 0.29) is 0 Å². The number of rotatable bonds is 3. The Morgan fingerprint density at radius 3 is 2.21 bits per heavy atom. The van der Waals surface area contributed by atoms with Crippen LogP contribution in [0.1, 0.15) is 5.56 Å². The summed E-state index contributed by atoms with van der Waals surface area (Å²) in [5.41, 5.74) is 7.31. The van der Waals surface area contributed by atoms with Crippen molar-refractivity contribution in [3.8, 4) is 5.75 Å². The Labute approximate surface area is 138 Å². The van der Waals surface area contributed by atoms with E-state index in [4.69, 9.17) is 33.7 Å². The van der Waals surface area contributed by atoms with E-state index in [1.165, 1.54) is 0 Å². The first-order chi connectivity index (χ1) is 8.97. The standard InChI is InChI=1S/C13H9Br2Cl2NO/c14-9-4-8(18)5-10(15)13(9)19-6-7-1-2-11(16)12(17)3-7/h1-5H,6,18H2. The molecule has 2 N–H and O–H groups in total. The highest BCUT2D eigenvalue weighted by atomic mass is 79.9. The third-order valence-electron chi connectivity index (χ3n) is 2.39. The van der Waals surface area contributed by atoms with Gasteiger partial charge in [-0.15, -0.1) is 0 Å². The van der Waals surface area contributed by atoms with Crippen LogP contribution in [0.15, 0.2) is 39.3 Å². The summed E-state index contributed by atoms with van der Waals surface area (Å²) in [4.78, 5) is 0. The second kappa shape index (κ2) is 6.35. The van der Waals surface area contributed by atoms with Crippen LogP contribution in [0, 0.1) is 0 Å². The Bertz CT molecular complexity index is 597. The largest absolute Gasteiger partial charge is 0.487 e. The number of benzene rings is 2. The summed E-state index contributed by atoms with van der Waals surface area (Å²) in [6, 6.07) is 8.97. The van der Waals surface area contributed by atoms with E-state index in [0.29, 0.717) is 28.1 Å². The van der Waals surface area contributed by atoms with E-state index in [9.17, 15) is 0 Å². The number of halogens is 4. The fraction of sp³-hybridized carbons (Fsp3) is 0.0769. The van der Waals surface area contributed by atoms with Gasteiger partial charge >= 0.3 is 0 Å². The highest BCUT2D eigenvalue weighted by molar-refractivity contribution is 9.11. The summed E-state index contributed by atoms with van der Waals surface area (Å²) in [6.45, 7) is 0.387. The van der Waals surface area contributed by atoms with Crippen molar-refractivity contribution in [2.24, 2.45) is 0 Å². The van der Waals surface area contributed by atoms with Gasteiger partial charge in [0.2, 0.25) is 0 Å². The van der Waals surface area contributed by atoms with Gasteiger partial charge in [0.15, 0.2) is 0 Å². The van der Waals surface area contributed by atoms with E-state index < -0.39 is 0 Å². The van der Waals surface area contributed by atoms with Crippen LogP contribution in [0.3, 0.4) is 0 Å². The quantitative estimate of drug-likeness (QED) is 0.642. The van der Waals surface area contributed by atoms with Gasteiger partial charge in [-0.05, 0) is 61.7 Å². The van der Waals surface area contributed by atoms with Crippen molar-refractivity contribution in [3.05, 3.63) is 54.9 Å². The van der Waals surface area contributed by atoms with Crippen molar-refractivity contribution in [1.82, 2.24) is 0 Å². The number of nitrogens with two attached hydrogens (primary N) is 1. The highest BCUT2D eigenvalue weighted by Crippen LogP contribution is 2.36. The highest BCUT2D eigenvalue weighted by Gasteiger charge is 2.09. The van der Waals surface area contributed by atoms with Crippen LogP contribution in [-0.2, 0) is 6.61 Å². The van der Waals surface area contributed by atoms with Gasteiger partial charge in [-0.25, -0.2) is 0 Å². The third-order valence-corrected chi connectivity index (χ3v) is 4.30. The molecule has 6 heteroatoms. The predicted octanol–water partition coefficient (Wildman–Crippen LogP) is 5.68. The number of ether oxygens (including phenoxy) is 1. The van der Waals surface area contributed by atoms with Crippen LogP contribution in [-0.4, -0.2) is 0 Å². The average Bonchev–Trinajstić information content (AvgIpc) is 2.32. The molecule has 0 saturated heterocycles. The van der Waals surface area contributed by atoms with Crippen LogP contribution < -0.4 is 10.5 Å². The molecule has 2 aromatic rings. The Hall–Kier alpha value is -0.420. The van der Waals surface area contributed by atoms with E-state index >= 15 is 0 Å². The number of hydrogen-bond acceptors (Lipinski definition) is 2. The van der Waals surface area contributed by atoms with Gasteiger partial charge < -0.3 is 10.5 Å². The Kier molecular flexibility index (Phi) is 5.01. The fourth-order valence-corrected chi connectivity index (χ4v) is 3.27. The zero-order chi connectivity index (χ0) is 14.0. The van der Waals surface area contributed by atoms with Crippen LogP contribution in [0.2, 0.25) is 10.0 Å². The number of nitrogen functional groups attached to an aromatic ring is 1. The molecule has 0 aliphatic carbocycles. The Balaban J connectivity index is 2.16. The lowest BCUT2D eigenvalue weighted by Crippen LogP contribution is -1.98. The zero-order valence-corrected chi connectivity index (χ0v) is 14.3. The molecule has 2 rings (SSSR count). The summed E-state index contributed by atoms with van der Waals surface area (Å²) in [7, 11) is 0. The maximum Gasteiger partial charge on any atom is 0.148 e. The molecule has 0 fully saturated rings. The predicted molar refractivity (Wildman–Crippen MR) is 87.0 cm³/mol. The lowest BCUT2D eigenvalue weighted by Gasteiger charge is -2.11. The van der Waals surface area contributed by atoms with E-state index in [1.54, 1.807) is 24.3 Å². The molecular weight excluding hydrogens is 417 g/mol. The number of hydrogen-bond donors (Lipinski definition) is 1. The van der Waals surface area contributed by atoms with Gasteiger partial charge in [0.05, 0.1) is 19.0 Å². The smallest absolute Gasteiger partial charge is 0.148 e. The van der Waals surface area contributed by atoms with Crippen molar-refractivity contribution in [2.45, 2.75) is 6.61 Å². The van der Waals surface area contributed by atoms with Gasteiger partial charge in [0.25, 0.3) is 0 Å². The molecule has 0 unspecified atom stereocenters. The molecule has 100 valence electrons. The summed E-state index contributed by atoms with van der Waals surface area (Å²) >= 11 is 18.7. The molecule has 0 saturated carbocycles. The van der Waals surface area contributed by atoms with Crippen LogP contribution in [0.4, 0.5) is 5.69 Å². The molecule has 0 aromatic heterocycles. The maximum absolute atomic E-state index is 5.96. The van der Waals surface area contributed by atoms with Gasteiger partial charge in [0.1, 0.15) is 12.4 Å². The van der Waals surface area contributed by atoms with Gasteiger partial charge in [-0.3, -0.25) is 0 Å². The van der Waals surface area contributed by atoms with Gasteiger partial charge in [-0.1, -0.05) is 29.3 Å². The molecule has 0 radical (unpaired) electrons. The molecule has 0 amide bonds. The summed E-state index contributed by atoms with van der Waals surface area (Å²) in [6.07, 6.45) is 0. The van der Waals surface area contributed by atoms with E-state index in [0.717, 1.165) is 14.5 Å². The normalized spacial score (nSPS) is 10.5. The summed E-state index contributed by atoms with van der Waals surface area (Å²) < 4.78 is 7.33. The molecule has 0 aliphatic heterocycles. The first kappa shape index (κ1) is 15.0. The van der Waals surface area contributed by atoms with Crippen LogP contribution in [0.5, 0.6) is 5.75 Å². The van der Waals surface area contributed by atoms with Crippen LogP contribution >= 0.6 is 55.1 Å². The molecule has 0 atom stereocenters. The SMILES string of the molecule is Nc1cc(Br)c(OCc2ccc(Cl)c(Cl)c2)c(Br)c1. The number of anilines is 1. The molecule has 0 spiro atoms. The lowest BCUT2D eigenvalue weighted by atomic mass is 10.2. The molecule has 2 aromatic carbocycles. The van der Waals surface area contributed by atoms with Gasteiger partial charge in [0, 0.05) is 5.69 Å². The van der Waals surface area contributed by atoms with Crippen molar-refractivity contribution in [3.63, 3.8) is 0 Å². The first-order valence-corrected chi connectivity index (χ1v) is 7.63. The van der Waals surface area contributed by atoms with Crippen molar-refractivity contribution < 1.29 is 4.74 Å². The summed E-state index contributed by atoms with van der Waals surface area (Å²) in [5, 5.41) is 1.04. The second-order valence-corrected chi connectivity index (χ2v) is 6.37. The average molecular weight is 426 g/mol. The molecule has 2 nitrogen and oxygen atoms in total. The van der Waals surface area contributed by atoms with Crippen molar-refractivity contribution in [1.29, 1.82) is 0 Å². The second-order valence-electron chi connectivity index (χ2n) is 3.85. The van der Waals surface area contributed by atoms with Crippen LogP contribution in [0.25, 0.3) is 0 Å². The maximum atomic E-state index is 5.96. The van der Waals surface area contributed by atoms with Crippen molar-refractivity contribution in [2.75, 3.05) is 5.73 Å². The monoisotopic (exact) mass is 423 g/mol. The third kappa shape index (κ3) is 3.78. The molecule has 0 bridgehead atoms. The molecule has 19 heavy (non-hydrogen) atoms. The minimum absolute atomic E-state index is 0.387. The topological polar surface area (TPSA) is 35.2 Å². The molecule has 0 aliphatic rings. The van der Waals surface area contributed by atoms with E-state index in [1.807, 2.05) is 6.07 Å². The lowest BCUT2D eigenvalue weighted by molar-refractivity contribution is 0.302. The van der Waals surface area contributed by atoms with Gasteiger partial charge in [-0.2, -0.15) is 0 Å². The van der Waals surface area contributed by atoms with E-state index in [2.05, 4.69) is 31.9 Å². The minimum atomic E-state index is 0.387. The minimum Gasteiger partial charge on any atom is -0.487 e.